The number of anilines is 1. The highest BCUT2D eigenvalue weighted by molar-refractivity contribution is 7.99. The Morgan fingerprint density at radius 1 is 1.37 bits per heavy atom. The van der Waals surface area contributed by atoms with E-state index in [0.29, 0.717) is 10.8 Å². The van der Waals surface area contributed by atoms with Crippen molar-refractivity contribution in [3.8, 4) is 11.4 Å². The fourth-order valence-electron chi connectivity index (χ4n) is 3.41. The predicted molar refractivity (Wildman–Crippen MR) is 118 cm³/mol. The van der Waals surface area contributed by atoms with E-state index in [1.807, 2.05) is 11.6 Å². The topological polar surface area (TPSA) is 103 Å². The zero-order valence-corrected chi connectivity index (χ0v) is 18.4. The highest BCUT2D eigenvalue weighted by atomic mass is 35.5. The van der Waals surface area contributed by atoms with Crippen molar-refractivity contribution < 1.29 is 9.72 Å². The molecule has 0 aliphatic heterocycles. The van der Waals surface area contributed by atoms with Gasteiger partial charge in [0.25, 0.3) is 5.69 Å². The largest absolute Gasteiger partial charge is 0.325 e. The molecule has 1 aliphatic carbocycles. The summed E-state index contributed by atoms with van der Waals surface area (Å²) >= 11 is 8.84. The van der Waals surface area contributed by atoms with Crippen molar-refractivity contribution in [1.82, 2.24) is 14.8 Å². The van der Waals surface area contributed by atoms with Gasteiger partial charge >= 0.3 is 0 Å². The molecule has 8 nitrogen and oxygen atoms in total. The van der Waals surface area contributed by atoms with E-state index >= 15 is 0 Å². The van der Waals surface area contributed by atoms with Gasteiger partial charge in [-0.1, -0.05) is 23.4 Å². The zero-order valence-electron chi connectivity index (χ0n) is 16.1. The minimum absolute atomic E-state index is 0.0228. The van der Waals surface area contributed by atoms with Crippen LogP contribution in [0, 0.1) is 10.1 Å². The van der Waals surface area contributed by atoms with Gasteiger partial charge in [0.2, 0.25) is 5.91 Å². The average molecular weight is 464 g/mol. The third-order valence-electron chi connectivity index (χ3n) is 4.90. The first-order valence-corrected chi connectivity index (χ1v) is 11.5. The Kier molecular flexibility index (Phi) is 6.07. The first kappa shape index (κ1) is 20.8. The van der Waals surface area contributed by atoms with Crippen molar-refractivity contribution in [2.24, 2.45) is 7.05 Å². The number of amides is 1. The number of nitrogens with zero attached hydrogens (tertiary/aromatic N) is 4. The van der Waals surface area contributed by atoms with Gasteiger partial charge in [0.15, 0.2) is 11.0 Å². The SMILES string of the molecule is Cn1c(SCC(=O)Nc2ccc(Cl)c([N+](=O)[O-])c2)nnc1-c1csc2c1CCCC2. The molecule has 0 bridgehead atoms. The number of aromatic nitrogens is 3. The Labute approximate surface area is 185 Å². The molecule has 1 aliphatic rings. The number of nitro groups is 1. The quantitative estimate of drug-likeness (QED) is 0.322. The molecule has 30 heavy (non-hydrogen) atoms. The number of benzene rings is 1. The number of halogens is 1. The highest BCUT2D eigenvalue weighted by Crippen LogP contribution is 2.36. The number of aryl methyl sites for hydroxylation is 1. The smallest absolute Gasteiger partial charge is 0.289 e. The minimum atomic E-state index is -0.586. The van der Waals surface area contributed by atoms with Crippen molar-refractivity contribution in [2.75, 3.05) is 11.1 Å². The Morgan fingerprint density at radius 3 is 2.97 bits per heavy atom. The monoisotopic (exact) mass is 463 g/mol. The molecule has 156 valence electrons. The average Bonchev–Trinajstić information content (AvgIpc) is 3.31. The van der Waals surface area contributed by atoms with Gasteiger partial charge in [-0.2, -0.15) is 0 Å². The fourth-order valence-corrected chi connectivity index (χ4v) is 5.44. The van der Waals surface area contributed by atoms with Gasteiger partial charge in [-0.05, 0) is 43.4 Å². The lowest BCUT2D eigenvalue weighted by atomic mass is 9.96. The summed E-state index contributed by atoms with van der Waals surface area (Å²) in [5.41, 5.74) is 2.58. The zero-order chi connectivity index (χ0) is 21.3. The second kappa shape index (κ2) is 8.75. The number of carbonyl (C=O) groups is 1. The van der Waals surface area contributed by atoms with Crippen LogP contribution in [0.5, 0.6) is 0 Å². The van der Waals surface area contributed by atoms with Gasteiger partial charge in [0, 0.05) is 34.6 Å². The van der Waals surface area contributed by atoms with E-state index in [1.54, 1.807) is 11.3 Å². The number of nitrogens with one attached hydrogen (secondary N) is 1. The maximum atomic E-state index is 12.3. The third-order valence-corrected chi connectivity index (χ3v) is 7.32. The number of rotatable bonds is 6. The Bertz CT molecular complexity index is 1130. The van der Waals surface area contributed by atoms with Crippen molar-refractivity contribution in [2.45, 2.75) is 30.8 Å². The van der Waals surface area contributed by atoms with E-state index in [2.05, 4.69) is 20.9 Å². The predicted octanol–water partition coefficient (Wildman–Crippen LogP) is 4.71. The normalized spacial score (nSPS) is 13.1. The van der Waals surface area contributed by atoms with Crippen LogP contribution in [0.3, 0.4) is 0 Å². The molecule has 1 aromatic carbocycles. The van der Waals surface area contributed by atoms with Gasteiger partial charge in [0.05, 0.1) is 10.7 Å². The summed E-state index contributed by atoms with van der Waals surface area (Å²) < 4.78 is 1.90. The number of hydrogen-bond donors (Lipinski definition) is 1. The molecule has 0 fully saturated rings. The van der Waals surface area contributed by atoms with E-state index < -0.39 is 4.92 Å². The van der Waals surface area contributed by atoms with Crippen LogP contribution in [-0.2, 0) is 24.7 Å². The summed E-state index contributed by atoms with van der Waals surface area (Å²) in [4.78, 5) is 24.1. The number of carbonyl (C=O) groups excluding carboxylic acids is 1. The van der Waals surface area contributed by atoms with Gasteiger partial charge in [0.1, 0.15) is 5.02 Å². The number of fused-ring (bicyclic) bond motifs is 1. The molecule has 4 rings (SSSR count). The maximum Gasteiger partial charge on any atom is 0.289 e. The van der Waals surface area contributed by atoms with Crippen LogP contribution >= 0.6 is 34.7 Å². The van der Waals surface area contributed by atoms with E-state index in [4.69, 9.17) is 11.6 Å². The summed E-state index contributed by atoms with van der Waals surface area (Å²) in [6, 6.07) is 4.15. The third kappa shape index (κ3) is 4.21. The molecule has 0 saturated heterocycles. The van der Waals surface area contributed by atoms with Gasteiger partial charge in [-0.15, -0.1) is 21.5 Å². The highest BCUT2D eigenvalue weighted by Gasteiger charge is 2.21. The minimum Gasteiger partial charge on any atom is -0.325 e. The number of thiophene rings is 1. The van der Waals surface area contributed by atoms with Gasteiger partial charge in [-0.25, -0.2) is 0 Å². The summed E-state index contributed by atoms with van der Waals surface area (Å²) in [5, 5.41) is 25.0. The van der Waals surface area contributed by atoms with Crippen molar-refractivity contribution >= 4 is 52.0 Å². The number of thioether (sulfide) groups is 1. The summed E-state index contributed by atoms with van der Waals surface area (Å²) in [6.07, 6.45) is 4.62. The Morgan fingerprint density at radius 2 is 2.17 bits per heavy atom. The van der Waals surface area contributed by atoms with E-state index in [-0.39, 0.29) is 22.4 Å². The summed E-state index contributed by atoms with van der Waals surface area (Å²) in [7, 11) is 1.89. The maximum absolute atomic E-state index is 12.3. The molecule has 1 amide bonds. The molecule has 11 heteroatoms. The van der Waals surface area contributed by atoms with Crippen LogP contribution in [-0.4, -0.2) is 31.3 Å². The van der Waals surface area contributed by atoms with E-state index in [9.17, 15) is 14.9 Å². The van der Waals surface area contributed by atoms with E-state index in [1.165, 1.54) is 53.2 Å². The lowest BCUT2D eigenvalue weighted by Gasteiger charge is -2.12. The van der Waals surface area contributed by atoms with Crippen molar-refractivity contribution in [3.63, 3.8) is 0 Å². The van der Waals surface area contributed by atoms with Gasteiger partial charge in [-0.3, -0.25) is 14.9 Å². The lowest BCUT2D eigenvalue weighted by Crippen LogP contribution is -2.14. The number of hydrogen-bond acceptors (Lipinski definition) is 7. The fraction of sp³-hybridized carbons (Fsp3) is 0.316. The van der Waals surface area contributed by atoms with Crippen LogP contribution in [0.25, 0.3) is 11.4 Å². The Balaban J connectivity index is 1.42. The first-order valence-electron chi connectivity index (χ1n) is 9.29. The number of nitro benzene ring substituents is 1. The molecule has 0 spiro atoms. The van der Waals surface area contributed by atoms with Crippen molar-refractivity contribution in [1.29, 1.82) is 0 Å². The van der Waals surface area contributed by atoms with Crippen LogP contribution < -0.4 is 5.32 Å². The van der Waals surface area contributed by atoms with E-state index in [0.717, 1.165) is 24.2 Å². The molecule has 0 saturated carbocycles. The lowest BCUT2D eigenvalue weighted by molar-refractivity contribution is -0.384. The second-order valence-corrected chi connectivity index (χ2v) is 9.20. The summed E-state index contributed by atoms with van der Waals surface area (Å²) in [5.74, 6) is 0.615. The molecular weight excluding hydrogens is 446 g/mol. The summed E-state index contributed by atoms with van der Waals surface area (Å²) in [6.45, 7) is 0. The van der Waals surface area contributed by atoms with Crippen LogP contribution in [0.1, 0.15) is 23.3 Å². The van der Waals surface area contributed by atoms with Crippen LogP contribution in [0.2, 0.25) is 5.02 Å². The second-order valence-electron chi connectivity index (χ2n) is 6.88. The van der Waals surface area contributed by atoms with Crippen LogP contribution in [0.15, 0.2) is 28.7 Å². The molecule has 0 atom stereocenters. The molecule has 0 unspecified atom stereocenters. The Hall–Kier alpha value is -2.43. The van der Waals surface area contributed by atoms with Crippen molar-refractivity contribution in [3.05, 3.63) is 49.2 Å². The first-order chi connectivity index (χ1) is 14.4. The van der Waals surface area contributed by atoms with Crippen LogP contribution in [0.4, 0.5) is 11.4 Å². The molecule has 2 aromatic heterocycles. The van der Waals surface area contributed by atoms with Gasteiger partial charge < -0.3 is 9.88 Å². The standard InChI is InChI=1S/C19H18ClN5O3S2/c1-24-18(13-9-29-16-5-3-2-4-12(13)16)22-23-19(24)30-10-17(26)21-11-6-7-14(20)15(8-11)25(27)28/h6-9H,2-5,10H2,1H3,(H,21,26). The molecule has 3 aromatic rings. The molecule has 0 radical (unpaired) electrons. The molecule has 2 heterocycles. The molecular formula is C19H18ClN5O3S2. The molecule has 1 N–H and O–H groups in total.